The summed E-state index contributed by atoms with van der Waals surface area (Å²) in [7, 11) is 0. The van der Waals surface area contributed by atoms with Crippen LogP contribution in [0.4, 0.5) is 4.79 Å². The van der Waals surface area contributed by atoms with E-state index in [0.717, 1.165) is 6.42 Å². The molecule has 0 saturated carbocycles. The lowest BCUT2D eigenvalue weighted by atomic mass is 10.2. The number of ether oxygens (including phenoxy) is 1. The van der Waals surface area contributed by atoms with E-state index in [0.29, 0.717) is 19.8 Å². The van der Waals surface area contributed by atoms with Gasteiger partial charge in [-0.25, -0.2) is 4.79 Å². The van der Waals surface area contributed by atoms with E-state index in [2.05, 4.69) is 5.32 Å². The Labute approximate surface area is 94.6 Å². The summed E-state index contributed by atoms with van der Waals surface area (Å²) in [6.07, 6.45) is 0.800. The molecule has 6 nitrogen and oxygen atoms in total. The van der Waals surface area contributed by atoms with E-state index in [1.54, 1.807) is 4.90 Å². The maximum absolute atomic E-state index is 11.8. The van der Waals surface area contributed by atoms with Crippen LogP contribution in [0.2, 0.25) is 0 Å². The molecule has 0 bridgehead atoms. The summed E-state index contributed by atoms with van der Waals surface area (Å²) in [6, 6.07) is -1.16. The number of carboxylic acid groups (broad SMARTS) is 1. The minimum Gasteiger partial charge on any atom is -0.480 e. The second kappa shape index (κ2) is 5.69. The number of nitrogens with one attached hydrogen (secondary N) is 1. The highest BCUT2D eigenvalue weighted by atomic mass is 16.5. The van der Waals surface area contributed by atoms with Gasteiger partial charge >= 0.3 is 12.0 Å². The summed E-state index contributed by atoms with van der Waals surface area (Å²) in [5, 5.41) is 11.1. The first-order valence-electron chi connectivity index (χ1n) is 5.44. The zero-order valence-corrected chi connectivity index (χ0v) is 9.60. The smallest absolute Gasteiger partial charge is 0.325 e. The average molecular weight is 230 g/mol. The predicted octanol–water partition coefficient (Wildman–Crippen LogP) is 0.280. The van der Waals surface area contributed by atoms with Crippen LogP contribution in [0.1, 0.15) is 20.3 Å². The number of amides is 2. The average Bonchev–Trinajstić information content (AvgIpc) is 2.28. The van der Waals surface area contributed by atoms with E-state index in [4.69, 9.17) is 9.84 Å². The SMILES string of the molecule is CCC1COCCN1C(=O)NC(C)C(=O)O. The van der Waals surface area contributed by atoms with Crippen LogP contribution >= 0.6 is 0 Å². The standard InChI is InChI=1S/C10H18N2O4/c1-3-8-6-16-5-4-12(8)10(15)11-7(2)9(13)14/h7-8H,3-6H2,1-2H3,(H,11,15)(H,13,14). The fraction of sp³-hybridized carbons (Fsp3) is 0.800. The third-order valence-corrected chi connectivity index (χ3v) is 2.67. The number of carbonyl (C=O) groups excluding carboxylic acids is 1. The van der Waals surface area contributed by atoms with E-state index >= 15 is 0 Å². The third kappa shape index (κ3) is 3.10. The summed E-state index contributed by atoms with van der Waals surface area (Å²) in [5.74, 6) is -1.03. The number of morpholine rings is 1. The van der Waals surface area contributed by atoms with Crippen molar-refractivity contribution in [3.05, 3.63) is 0 Å². The number of carbonyl (C=O) groups is 2. The fourth-order valence-corrected chi connectivity index (χ4v) is 1.59. The van der Waals surface area contributed by atoms with Crippen molar-refractivity contribution in [2.45, 2.75) is 32.4 Å². The monoisotopic (exact) mass is 230 g/mol. The Morgan fingerprint density at radius 1 is 1.62 bits per heavy atom. The summed E-state index contributed by atoms with van der Waals surface area (Å²) in [6.45, 7) is 4.95. The molecule has 2 unspecified atom stereocenters. The molecular formula is C10H18N2O4. The maximum Gasteiger partial charge on any atom is 0.325 e. The molecule has 16 heavy (non-hydrogen) atoms. The Kier molecular flexibility index (Phi) is 4.54. The van der Waals surface area contributed by atoms with E-state index < -0.39 is 12.0 Å². The second-order valence-electron chi connectivity index (χ2n) is 3.84. The van der Waals surface area contributed by atoms with Crippen LogP contribution in [-0.4, -0.2) is 53.8 Å². The largest absolute Gasteiger partial charge is 0.480 e. The highest BCUT2D eigenvalue weighted by molar-refractivity contribution is 5.82. The Balaban J connectivity index is 2.54. The van der Waals surface area contributed by atoms with Gasteiger partial charge in [-0.1, -0.05) is 6.92 Å². The van der Waals surface area contributed by atoms with Gasteiger partial charge in [-0.15, -0.1) is 0 Å². The molecular weight excluding hydrogens is 212 g/mol. The van der Waals surface area contributed by atoms with Crippen molar-refractivity contribution in [3.63, 3.8) is 0 Å². The maximum atomic E-state index is 11.8. The Bertz CT molecular complexity index is 270. The molecule has 1 saturated heterocycles. The quantitative estimate of drug-likeness (QED) is 0.730. The van der Waals surface area contributed by atoms with Gasteiger partial charge < -0.3 is 20.1 Å². The van der Waals surface area contributed by atoms with Crippen molar-refractivity contribution in [1.29, 1.82) is 0 Å². The molecule has 1 aliphatic heterocycles. The number of carboxylic acids is 1. The molecule has 92 valence electrons. The summed E-state index contributed by atoms with van der Waals surface area (Å²) >= 11 is 0. The van der Waals surface area contributed by atoms with Gasteiger partial charge in [-0.3, -0.25) is 4.79 Å². The molecule has 6 heteroatoms. The normalized spacial score (nSPS) is 22.6. The van der Waals surface area contributed by atoms with Crippen molar-refractivity contribution in [1.82, 2.24) is 10.2 Å². The Morgan fingerprint density at radius 2 is 2.31 bits per heavy atom. The van der Waals surface area contributed by atoms with Crippen LogP contribution in [0, 0.1) is 0 Å². The van der Waals surface area contributed by atoms with Crippen molar-refractivity contribution in [2.75, 3.05) is 19.8 Å². The van der Waals surface area contributed by atoms with Crippen LogP contribution < -0.4 is 5.32 Å². The number of hydrogen-bond acceptors (Lipinski definition) is 3. The lowest BCUT2D eigenvalue weighted by Gasteiger charge is -2.35. The van der Waals surface area contributed by atoms with Gasteiger partial charge in [-0.2, -0.15) is 0 Å². The van der Waals surface area contributed by atoms with Crippen molar-refractivity contribution in [3.8, 4) is 0 Å². The van der Waals surface area contributed by atoms with E-state index in [1.165, 1.54) is 6.92 Å². The first kappa shape index (κ1) is 12.8. The zero-order chi connectivity index (χ0) is 12.1. The molecule has 2 amide bonds. The van der Waals surface area contributed by atoms with Crippen molar-refractivity contribution in [2.24, 2.45) is 0 Å². The number of nitrogens with zero attached hydrogens (tertiary/aromatic N) is 1. The zero-order valence-electron chi connectivity index (χ0n) is 9.60. The van der Waals surface area contributed by atoms with Gasteiger partial charge in [0.1, 0.15) is 6.04 Å². The van der Waals surface area contributed by atoms with Gasteiger partial charge in [-0.05, 0) is 13.3 Å². The number of hydrogen-bond donors (Lipinski definition) is 2. The lowest BCUT2D eigenvalue weighted by Crippen LogP contribution is -2.54. The summed E-state index contributed by atoms with van der Waals surface area (Å²) in [5.41, 5.74) is 0. The Hall–Kier alpha value is -1.30. The predicted molar refractivity (Wildman–Crippen MR) is 57.2 cm³/mol. The molecule has 1 aliphatic rings. The molecule has 2 atom stereocenters. The molecule has 0 spiro atoms. The first-order chi connectivity index (χ1) is 7.56. The van der Waals surface area contributed by atoms with Gasteiger partial charge in [0.2, 0.25) is 0 Å². The van der Waals surface area contributed by atoms with Gasteiger partial charge in [0.25, 0.3) is 0 Å². The molecule has 2 N–H and O–H groups in total. The fourth-order valence-electron chi connectivity index (χ4n) is 1.59. The van der Waals surface area contributed by atoms with E-state index in [-0.39, 0.29) is 12.1 Å². The third-order valence-electron chi connectivity index (χ3n) is 2.67. The van der Waals surface area contributed by atoms with Crippen LogP contribution in [0.5, 0.6) is 0 Å². The Morgan fingerprint density at radius 3 is 2.88 bits per heavy atom. The number of aliphatic carboxylic acids is 1. The molecule has 1 heterocycles. The second-order valence-corrected chi connectivity index (χ2v) is 3.84. The highest BCUT2D eigenvalue weighted by Crippen LogP contribution is 2.10. The number of rotatable bonds is 3. The van der Waals surface area contributed by atoms with Gasteiger partial charge in [0, 0.05) is 6.54 Å². The summed E-state index contributed by atoms with van der Waals surface area (Å²) in [4.78, 5) is 24.0. The van der Waals surface area contributed by atoms with Crippen LogP contribution in [-0.2, 0) is 9.53 Å². The molecule has 0 aromatic carbocycles. The number of urea groups is 1. The van der Waals surface area contributed by atoms with Gasteiger partial charge in [0.05, 0.1) is 19.3 Å². The molecule has 0 aromatic heterocycles. The molecule has 0 aliphatic carbocycles. The lowest BCUT2D eigenvalue weighted by molar-refractivity contribution is -0.138. The molecule has 0 radical (unpaired) electrons. The minimum atomic E-state index is -1.03. The first-order valence-corrected chi connectivity index (χ1v) is 5.44. The topological polar surface area (TPSA) is 78.9 Å². The van der Waals surface area contributed by atoms with Crippen LogP contribution in [0.3, 0.4) is 0 Å². The molecule has 1 rings (SSSR count). The van der Waals surface area contributed by atoms with E-state index in [9.17, 15) is 9.59 Å². The van der Waals surface area contributed by atoms with Crippen LogP contribution in [0.15, 0.2) is 0 Å². The highest BCUT2D eigenvalue weighted by Gasteiger charge is 2.27. The molecule has 0 aromatic rings. The van der Waals surface area contributed by atoms with Crippen LogP contribution in [0.25, 0.3) is 0 Å². The van der Waals surface area contributed by atoms with Crippen molar-refractivity contribution >= 4 is 12.0 Å². The summed E-state index contributed by atoms with van der Waals surface area (Å²) < 4.78 is 5.27. The molecule has 1 fully saturated rings. The van der Waals surface area contributed by atoms with Gasteiger partial charge in [0.15, 0.2) is 0 Å². The van der Waals surface area contributed by atoms with Crippen molar-refractivity contribution < 1.29 is 19.4 Å². The van der Waals surface area contributed by atoms with E-state index in [1.807, 2.05) is 6.92 Å². The minimum absolute atomic E-state index is 0.0368.